The van der Waals surface area contributed by atoms with Crippen molar-refractivity contribution < 1.29 is 8.42 Å². The summed E-state index contributed by atoms with van der Waals surface area (Å²) in [5.41, 5.74) is 7.86. The number of nitrogen functional groups attached to an aromatic ring is 1. The van der Waals surface area contributed by atoms with Gasteiger partial charge in [-0.3, -0.25) is 4.40 Å². The molecule has 1 aromatic carbocycles. The Morgan fingerprint density at radius 3 is 2.33 bits per heavy atom. The number of sulfonamides is 1. The maximum atomic E-state index is 12.5. The molecule has 0 fully saturated rings. The first kappa shape index (κ1) is 16.4. The molecule has 0 unspecified atom stereocenters. The summed E-state index contributed by atoms with van der Waals surface area (Å²) in [4.78, 5) is 0.267. The maximum Gasteiger partial charge on any atom is 0.243 e. The summed E-state index contributed by atoms with van der Waals surface area (Å²) >= 11 is 0. The van der Waals surface area contributed by atoms with Crippen molar-refractivity contribution in [3.05, 3.63) is 42.6 Å². The fraction of sp³-hybridized carbons (Fsp3) is 0.250. The van der Waals surface area contributed by atoms with Gasteiger partial charge in [0.2, 0.25) is 10.0 Å². The van der Waals surface area contributed by atoms with Crippen LogP contribution in [0.4, 0.5) is 5.69 Å². The molecule has 24 heavy (non-hydrogen) atoms. The van der Waals surface area contributed by atoms with Gasteiger partial charge in [-0.15, -0.1) is 10.2 Å². The fourth-order valence-corrected chi connectivity index (χ4v) is 4.05. The number of hydrogen-bond acceptors (Lipinski definition) is 5. The Morgan fingerprint density at radius 2 is 1.71 bits per heavy atom. The van der Waals surface area contributed by atoms with E-state index in [-0.39, 0.29) is 4.90 Å². The number of fused-ring (bicyclic) bond motifs is 1. The van der Waals surface area contributed by atoms with Gasteiger partial charge in [-0.1, -0.05) is 13.8 Å². The molecular formula is C16H19N5O2S. The molecule has 3 aromatic rings. The number of rotatable bonds is 5. The summed E-state index contributed by atoms with van der Waals surface area (Å²) in [6.07, 6.45) is 1.74. The summed E-state index contributed by atoms with van der Waals surface area (Å²) in [6, 6.07) is 10.2. The lowest BCUT2D eigenvalue weighted by Gasteiger charge is -2.18. The number of pyridine rings is 1. The van der Waals surface area contributed by atoms with Gasteiger partial charge in [0.05, 0.1) is 4.90 Å². The highest BCUT2D eigenvalue weighted by atomic mass is 32.2. The van der Waals surface area contributed by atoms with Crippen LogP contribution in [0.2, 0.25) is 0 Å². The normalized spacial score (nSPS) is 12.1. The Bertz CT molecular complexity index is 960. The van der Waals surface area contributed by atoms with Gasteiger partial charge >= 0.3 is 0 Å². The molecule has 2 heterocycles. The summed E-state index contributed by atoms with van der Waals surface area (Å²) in [5, 5.41) is 8.26. The molecule has 126 valence electrons. The van der Waals surface area contributed by atoms with Crippen molar-refractivity contribution in [1.82, 2.24) is 18.9 Å². The predicted octanol–water partition coefficient (Wildman–Crippen LogP) is 2.01. The summed E-state index contributed by atoms with van der Waals surface area (Å²) in [5.74, 6) is 0.615. The Labute approximate surface area is 140 Å². The quantitative estimate of drug-likeness (QED) is 0.763. The number of aromatic nitrogens is 3. The molecule has 0 saturated carbocycles. The molecule has 0 saturated heterocycles. The Balaban J connectivity index is 2.02. The van der Waals surface area contributed by atoms with Crippen molar-refractivity contribution >= 4 is 21.4 Å². The zero-order chi connectivity index (χ0) is 17.3. The SMILES string of the molecule is CCN(CC)S(=O)(=O)c1ccc(-c2nnc3ccc(N)cn23)cc1. The van der Waals surface area contributed by atoms with E-state index in [0.717, 1.165) is 5.56 Å². The second-order valence-corrected chi connectivity index (χ2v) is 7.27. The van der Waals surface area contributed by atoms with E-state index < -0.39 is 10.0 Å². The largest absolute Gasteiger partial charge is 0.398 e. The Hall–Kier alpha value is -2.45. The number of nitrogens with two attached hydrogens (primary N) is 1. The monoisotopic (exact) mass is 345 g/mol. The summed E-state index contributed by atoms with van der Waals surface area (Å²) in [6.45, 7) is 4.52. The minimum Gasteiger partial charge on any atom is -0.398 e. The van der Waals surface area contributed by atoms with Crippen molar-refractivity contribution in [2.24, 2.45) is 0 Å². The van der Waals surface area contributed by atoms with Crippen LogP contribution in [0.15, 0.2) is 47.5 Å². The third-order valence-electron chi connectivity index (χ3n) is 3.88. The molecule has 0 bridgehead atoms. The van der Waals surface area contributed by atoms with Crippen LogP contribution in [0, 0.1) is 0 Å². The average molecular weight is 345 g/mol. The minimum atomic E-state index is -3.47. The van der Waals surface area contributed by atoms with Crippen LogP contribution in [0.25, 0.3) is 17.0 Å². The van der Waals surface area contributed by atoms with Gasteiger partial charge < -0.3 is 5.73 Å². The third-order valence-corrected chi connectivity index (χ3v) is 5.95. The van der Waals surface area contributed by atoms with Gasteiger partial charge in [-0.2, -0.15) is 4.31 Å². The highest BCUT2D eigenvalue weighted by Crippen LogP contribution is 2.23. The van der Waals surface area contributed by atoms with E-state index in [4.69, 9.17) is 5.73 Å². The molecule has 0 spiro atoms. The number of hydrogen-bond donors (Lipinski definition) is 1. The first-order chi connectivity index (χ1) is 11.5. The molecule has 2 aromatic heterocycles. The summed E-state index contributed by atoms with van der Waals surface area (Å²) < 4.78 is 28.3. The van der Waals surface area contributed by atoms with Crippen LogP contribution in [-0.2, 0) is 10.0 Å². The van der Waals surface area contributed by atoms with Crippen LogP contribution in [0.3, 0.4) is 0 Å². The van der Waals surface area contributed by atoms with Gasteiger partial charge in [-0.25, -0.2) is 8.42 Å². The van der Waals surface area contributed by atoms with Crippen LogP contribution in [-0.4, -0.2) is 40.4 Å². The van der Waals surface area contributed by atoms with Crippen molar-refractivity contribution in [1.29, 1.82) is 0 Å². The first-order valence-corrected chi connectivity index (χ1v) is 9.12. The lowest BCUT2D eigenvalue weighted by atomic mass is 10.2. The van der Waals surface area contributed by atoms with E-state index in [1.807, 2.05) is 13.8 Å². The number of nitrogens with zero attached hydrogens (tertiary/aromatic N) is 4. The zero-order valence-corrected chi connectivity index (χ0v) is 14.4. The molecule has 0 aliphatic carbocycles. The molecule has 0 radical (unpaired) electrons. The van der Waals surface area contributed by atoms with E-state index in [2.05, 4.69) is 10.2 Å². The van der Waals surface area contributed by atoms with Crippen LogP contribution < -0.4 is 5.73 Å². The second-order valence-electron chi connectivity index (χ2n) is 5.33. The van der Waals surface area contributed by atoms with Gasteiger partial charge in [0, 0.05) is 30.5 Å². The van der Waals surface area contributed by atoms with Crippen molar-refractivity contribution in [3.8, 4) is 11.4 Å². The standard InChI is InChI=1S/C16H19N5O2S/c1-3-20(4-2)24(22,23)14-8-5-12(6-9-14)16-19-18-15-10-7-13(17)11-21(15)16/h5-11H,3-4,17H2,1-2H3. The average Bonchev–Trinajstić information content (AvgIpc) is 2.99. The van der Waals surface area contributed by atoms with Crippen LogP contribution in [0.1, 0.15) is 13.8 Å². The minimum absolute atomic E-state index is 0.267. The molecule has 0 aliphatic heterocycles. The Kier molecular flexibility index (Phi) is 4.25. The fourth-order valence-electron chi connectivity index (χ4n) is 2.59. The topological polar surface area (TPSA) is 93.6 Å². The smallest absolute Gasteiger partial charge is 0.243 e. The first-order valence-electron chi connectivity index (χ1n) is 7.68. The highest BCUT2D eigenvalue weighted by Gasteiger charge is 2.21. The lowest BCUT2D eigenvalue weighted by molar-refractivity contribution is 0.445. The molecule has 2 N–H and O–H groups in total. The predicted molar refractivity (Wildman–Crippen MR) is 92.9 cm³/mol. The number of anilines is 1. The molecule has 3 rings (SSSR count). The second kappa shape index (κ2) is 6.21. The van der Waals surface area contributed by atoms with E-state index in [9.17, 15) is 8.42 Å². The van der Waals surface area contributed by atoms with Crippen molar-refractivity contribution in [2.75, 3.05) is 18.8 Å². The molecular weight excluding hydrogens is 326 g/mol. The van der Waals surface area contributed by atoms with Gasteiger partial charge in [0.25, 0.3) is 0 Å². The summed E-state index contributed by atoms with van der Waals surface area (Å²) in [7, 11) is -3.47. The van der Waals surface area contributed by atoms with E-state index in [1.165, 1.54) is 4.31 Å². The van der Waals surface area contributed by atoms with E-state index in [0.29, 0.717) is 30.2 Å². The van der Waals surface area contributed by atoms with E-state index in [1.54, 1.807) is 47.0 Å². The molecule has 8 heteroatoms. The van der Waals surface area contributed by atoms with Crippen LogP contribution in [0.5, 0.6) is 0 Å². The van der Waals surface area contributed by atoms with Crippen LogP contribution >= 0.6 is 0 Å². The molecule has 0 amide bonds. The van der Waals surface area contributed by atoms with Gasteiger partial charge in [0.15, 0.2) is 11.5 Å². The molecule has 0 aliphatic rings. The number of benzene rings is 1. The molecule has 7 nitrogen and oxygen atoms in total. The maximum absolute atomic E-state index is 12.5. The van der Waals surface area contributed by atoms with E-state index >= 15 is 0 Å². The van der Waals surface area contributed by atoms with Gasteiger partial charge in [0.1, 0.15) is 0 Å². The third kappa shape index (κ3) is 2.74. The van der Waals surface area contributed by atoms with Crippen molar-refractivity contribution in [2.45, 2.75) is 18.7 Å². The molecule has 0 atom stereocenters. The lowest BCUT2D eigenvalue weighted by Crippen LogP contribution is -2.30. The zero-order valence-electron chi connectivity index (χ0n) is 13.5. The Morgan fingerprint density at radius 1 is 1.04 bits per heavy atom. The van der Waals surface area contributed by atoms with Gasteiger partial charge in [-0.05, 0) is 36.4 Å². The van der Waals surface area contributed by atoms with Crippen molar-refractivity contribution in [3.63, 3.8) is 0 Å². The highest BCUT2D eigenvalue weighted by molar-refractivity contribution is 7.89.